The molecule has 0 bridgehead atoms. The Morgan fingerprint density at radius 3 is 2.95 bits per heavy atom. The number of hydrogen-bond acceptors (Lipinski definition) is 4. The van der Waals surface area contributed by atoms with Crippen molar-refractivity contribution in [3.8, 4) is 0 Å². The molecule has 1 aliphatic rings. The number of nitrogens with two attached hydrogens (primary N) is 1. The van der Waals surface area contributed by atoms with E-state index in [9.17, 15) is 4.79 Å². The topological polar surface area (TPSA) is 59.2 Å². The van der Waals surface area contributed by atoms with Crippen LogP contribution in [0.15, 0.2) is 12.3 Å². The van der Waals surface area contributed by atoms with E-state index in [1.807, 2.05) is 20.0 Å². The standard InChI is InChI=1S/C14H17N3OS/c1-8-5-6-16-13-10(8)11(15)12(19-13)14(18)17(2)7-9-3-4-9/h5-6,9H,3-4,7,15H2,1-2H3. The lowest BCUT2D eigenvalue weighted by Crippen LogP contribution is -2.28. The molecular weight excluding hydrogens is 258 g/mol. The Morgan fingerprint density at radius 1 is 1.58 bits per heavy atom. The molecule has 1 fully saturated rings. The summed E-state index contributed by atoms with van der Waals surface area (Å²) < 4.78 is 0. The number of fused-ring (bicyclic) bond motifs is 1. The number of pyridine rings is 1. The molecule has 0 radical (unpaired) electrons. The van der Waals surface area contributed by atoms with Gasteiger partial charge >= 0.3 is 0 Å². The molecule has 2 heterocycles. The molecule has 2 aromatic heterocycles. The molecule has 19 heavy (non-hydrogen) atoms. The van der Waals surface area contributed by atoms with Gasteiger partial charge in [-0.15, -0.1) is 11.3 Å². The number of hydrogen-bond donors (Lipinski definition) is 1. The fraction of sp³-hybridized carbons (Fsp3) is 0.429. The van der Waals surface area contributed by atoms with Crippen LogP contribution in [0.3, 0.4) is 0 Å². The van der Waals surface area contributed by atoms with Crippen LogP contribution in [0.25, 0.3) is 10.2 Å². The van der Waals surface area contributed by atoms with Crippen molar-refractivity contribution in [2.75, 3.05) is 19.3 Å². The number of carbonyl (C=O) groups excluding carboxylic acids is 1. The lowest BCUT2D eigenvalue weighted by molar-refractivity contribution is 0.0794. The normalized spacial score (nSPS) is 14.8. The van der Waals surface area contributed by atoms with Gasteiger partial charge in [-0.25, -0.2) is 4.98 Å². The first-order valence-corrected chi connectivity index (χ1v) is 7.28. The largest absolute Gasteiger partial charge is 0.397 e. The Kier molecular flexibility index (Phi) is 2.93. The lowest BCUT2D eigenvalue weighted by atomic mass is 10.1. The van der Waals surface area contributed by atoms with E-state index >= 15 is 0 Å². The summed E-state index contributed by atoms with van der Waals surface area (Å²) in [5.41, 5.74) is 7.80. The second-order valence-corrected chi connectivity index (χ2v) is 6.28. The van der Waals surface area contributed by atoms with E-state index < -0.39 is 0 Å². The van der Waals surface area contributed by atoms with Crippen LogP contribution in [0.2, 0.25) is 0 Å². The van der Waals surface area contributed by atoms with Gasteiger partial charge in [-0.1, -0.05) is 0 Å². The molecule has 0 aliphatic heterocycles. The number of nitrogens with zero attached hydrogens (tertiary/aromatic N) is 2. The summed E-state index contributed by atoms with van der Waals surface area (Å²) in [4.78, 5) is 20.0. The average Bonchev–Trinajstić information content (AvgIpc) is 3.12. The predicted octanol–water partition coefficient (Wildman–Crippen LogP) is 2.67. The second kappa shape index (κ2) is 4.49. The fourth-order valence-corrected chi connectivity index (χ4v) is 3.44. The van der Waals surface area contributed by atoms with Gasteiger partial charge in [0.25, 0.3) is 5.91 Å². The van der Waals surface area contributed by atoms with Crippen molar-refractivity contribution in [2.24, 2.45) is 5.92 Å². The Labute approximate surface area is 116 Å². The first kappa shape index (κ1) is 12.4. The van der Waals surface area contributed by atoms with Crippen LogP contribution in [0, 0.1) is 12.8 Å². The fourth-order valence-electron chi connectivity index (χ4n) is 2.31. The molecule has 0 atom stereocenters. The zero-order valence-electron chi connectivity index (χ0n) is 11.1. The summed E-state index contributed by atoms with van der Waals surface area (Å²) in [6.07, 6.45) is 4.23. The molecule has 5 heteroatoms. The van der Waals surface area contributed by atoms with Gasteiger partial charge < -0.3 is 10.6 Å². The zero-order chi connectivity index (χ0) is 13.6. The molecule has 1 aliphatic carbocycles. The van der Waals surface area contributed by atoms with Crippen LogP contribution in [0.1, 0.15) is 28.1 Å². The summed E-state index contributed by atoms with van der Waals surface area (Å²) >= 11 is 1.39. The smallest absolute Gasteiger partial charge is 0.265 e. The number of nitrogen functional groups attached to an aromatic ring is 1. The van der Waals surface area contributed by atoms with Crippen molar-refractivity contribution in [1.29, 1.82) is 0 Å². The quantitative estimate of drug-likeness (QED) is 0.937. The number of carbonyl (C=O) groups is 1. The summed E-state index contributed by atoms with van der Waals surface area (Å²) in [5, 5.41) is 0.927. The predicted molar refractivity (Wildman–Crippen MR) is 78.5 cm³/mol. The van der Waals surface area contributed by atoms with Crippen LogP contribution >= 0.6 is 11.3 Å². The zero-order valence-corrected chi connectivity index (χ0v) is 12.0. The summed E-state index contributed by atoms with van der Waals surface area (Å²) in [7, 11) is 1.85. The minimum atomic E-state index is 0.0202. The van der Waals surface area contributed by atoms with Gasteiger partial charge in [-0.05, 0) is 37.3 Å². The van der Waals surface area contributed by atoms with Crippen molar-refractivity contribution in [1.82, 2.24) is 9.88 Å². The number of aryl methyl sites for hydroxylation is 1. The summed E-state index contributed by atoms with van der Waals surface area (Å²) in [5.74, 6) is 0.705. The Hall–Kier alpha value is -1.62. The summed E-state index contributed by atoms with van der Waals surface area (Å²) in [6, 6.07) is 1.92. The molecule has 1 saturated carbocycles. The van der Waals surface area contributed by atoms with Crippen molar-refractivity contribution in [3.63, 3.8) is 0 Å². The van der Waals surface area contributed by atoms with E-state index in [2.05, 4.69) is 4.98 Å². The van der Waals surface area contributed by atoms with Crippen LogP contribution < -0.4 is 5.73 Å². The van der Waals surface area contributed by atoms with Crippen molar-refractivity contribution in [2.45, 2.75) is 19.8 Å². The number of thiophene rings is 1. The van der Waals surface area contributed by atoms with E-state index in [0.29, 0.717) is 16.5 Å². The molecule has 2 aromatic rings. The van der Waals surface area contributed by atoms with Gasteiger partial charge in [-0.3, -0.25) is 4.79 Å². The molecular formula is C14H17N3OS. The Morgan fingerprint density at radius 2 is 2.32 bits per heavy atom. The van der Waals surface area contributed by atoms with Gasteiger partial charge in [0.15, 0.2) is 0 Å². The molecule has 0 aromatic carbocycles. The highest BCUT2D eigenvalue weighted by Crippen LogP contribution is 2.36. The maximum Gasteiger partial charge on any atom is 0.265 e. The van der Waals surface area contributed by atoms with Crippen LogP contribution in [0.4, 0.5) is 5.69 Å². The monoisotopic (exact) mass is 275 g/mol. The van der Waals surface area contributed by atoms with Gasteiger partial charge in [0.2, 0.25) is 0 Å². The second-order valence-electron chi connectivity index (χ2n) is 5.28. The number of rotatable bonds is 3. The van der Waals surface area contributed by atoms with Crippen molar-refractivity contribution < 1.29 is 4.79 Å². The van der Waals surface area contributed by atoms with E-state index in [0.717, 1.165) is 22.3 Å². The maximum atomic E-state index is 12.4. The highest BCUT2D eigenvalue weighted by molar-refractivity contribution is 7.21. The van der Waals surface area contributed by atoms with Gasteiger partial charge in [0.05, 0.1) is 5.69 Å². The number of aromatic nitrogens is 1. The summed E-state index contributed by atoms with van der Waals surface area (Å²) in [6.45, 7) is 2.83. The van der Waals surface area contributed by atoms with Crippen LogP contribution in [-0.2, 0) is 0 Å². The van der Waals surface area contributed by atoms with E-state index in [1.54, 1.807) is 11.1 Å². The molecule has 0 saturated heterocycles. The number of amides is 1. The highest BCUT2D eigenvalue weighted by atomic mass is 32.1. The highest BCUT2D eigenvalue weighted by Gasteiger charge is 2.27. The SMILES string of the molecule is Cc1ccnc2sc(C(=O)N(C)CC3CC3)c(N)c12. The maximum absolute atomic E-state index is 12.4. The molecule has 0 unspecified atom stereocenters. The van der Waals surface area contributed by atoms with Crippen molar-refractivity contribution in [3.05, 3.63) is 22.7 Å². The van der Waals surface area contributed by atoms with Crippen LogP contribution in [0.5, 0.6) is 0 Å². The van der Waals surface area contributed by atoms with Crippen molar-refractivity contribution >= 4 is 33.1 Å². The third-order valence-electron chi connectivity index (χ3n) is 3.61. The molecule has 3 rings (SSSR count). The minimum Gasteiger partial charge on any atom is -0.397 e. The number of anilines is 1. The molecule has 2 N–H and O–H groups in total. The Bertz CT molecular complexity index is 645. The first-order chi connectivity index (χ1) is 9.08. The third-order valence-corrected chi connectivity index (χ3v) is 4.71. The van der Waals surface area contributed by atoms with Crippen LogP contribution in [-0.4, -0.2) is 29.4 Å². The lowest BCUT2D eigenvalue weighted by Gasteiger charge is -2.15. The molecule has 4 nitrogen and oxygen atoms in total. The third kappa shape index (κ3) is 2.18. The van der Waals surface area contributed by atoms with Gasteiger partial charge in [0, 0.05) is 25.2 Å². The molecule has 0 spiro atoms. The van der Waals surface area contributed by atoms with Gasteiger partial charge in [0.1, 0.15) is 9.71 Å². The Balaban J connectivity index is 1.97. The van der Waals surface area contributed by atoms with E-state index in [-0.39, 0.29) is 5.91 Å². The van der Waals surface area contributed by atoms with E-state index in [4.69, 9.17) is 5.73 Å². The first-order valence-electron chi connectivity index (χ1n) is 6.47. The van der Waals surface area contributed by atoms with E-state index in [1.165, 1.54) is 24.2 Å². The average molecular weight is 275 g/mol. The van der Waals surface area contributed by atoms with Gasteiger partial charge in [-0.2, -0.15) is 0 Å². The minimum absolute atomic E-state index is 0.0202. The molecule has 100 valence electrons. The molecule has 1 amide bonds.